The van der Waals surface area contributed by atoms with Crippen molar-refractivity contribution in [2.45, 2.75) is 45.8 Å². The first kappa shape index (κ1) is 14.9. The van der Waals surface area contributed by atoms with Crippen LogP contribution in [0.4, 0.5) is 0 Å². The quantitative estimate of drug-likeness (QED) is 0.673. The molecule has 0 rings (SSSR count). The number of hydrogen-bond acceptors (Lipinski definition) is 4. The molecule has 2 N–H and O–H groups in total. The summed E-state index contributed by atoms with van der Waals surface area (Å²) < 4.78 is 5.18. The van der Waals surface area contributed by atoms with Crippen LogP contribution < -0.4 is 10.6 Å². The maximum absolute atomic E-state index is 11.5. The molecule has 5 nitrogen and oxygen atoms in total. The number of esters is 1. The minimum atomic E-state index is -0.478. The van der Waals surface area contributed by atoms with E-state index in [9.17, 15) is 9.59 Å². The summed E-state index contributed by atoms with van der Waals surface area (Å²) >= 11 is 0. The maximum Gasteiger partial charge on any atom is 0.323 e. The SMILES string of the molecule is CNC(=O)CCNC(C)C(=O)OC(C)(C)C. The van der Waals surface area contributed by atoms with Crippen molar-refractivity contribution in [2.75, 3.05) is 13.6 Å². The molecule has 0 aliphatic rings. The summed E-state index contributed by atoms with van der Waals surface area (Å²) in [5, 5.41) is 5.45. The summed E-state index contributed by atoms with van der Waals surface area (Å²) in [5.41, 5.74) is -0.478. The lowest BCUT2D eigenvalue weighted by Gasteiger charge is -2.22. The molecule has 0 saturated heterocycles. The Hall–Kier alpha value is -1.10. The molecule has 0 aliphatic carbocycles. The van der Waals surface area contributed by atoms with Crippen molar-refractivity contribution in [2.24, 2.45) is 0 Å². The number of nitrogens with one attached hydrogen (secondary N) is 2. The van der Waals surface area contributed by atoms with Crippen LogP contribution in [0, 0.1) is 0 Å². The van der Waals surface area contributed by atoms with Gasteiger partial charge in [-0.15, -0.1) is 0 Å². The van der Waals surface area contributed by atoms with Crippen molar-refractivity contribution in [3.8, 4) is 0 Å². The molecule has 1 atom stereocenters. The molecule has 0 fully saturated rings. The van der Waals surface area contributed by atoms with Gasteiger partial charge in [0.1, 0.15) is 11.6 Å². The van der Waals surface area contributed by atoms with E-state index < -0.39 is 11.6 Å². The molecule has 1 amide bonds. The zero-order chi connectivity index (χ0) is 12.8. The van der Waals surface area contributed by atoms with Gasteiger partial charge < -0.3 is 15.4 Å². The fraction of sp³-hybridized carbons (Fsp3) is 0.818. The molecule has 0 saturated carbocycles. The highest BCUT2D eigenvalue weighted by atomic mass is 16.6. The Balaban J connectivity index is 3.84. The van der Waals surface area contributed by atoms with E-state index in [1.54, 1.807) is 14.0 Å². The maximum atomic E-state index is 11.5. The lowest BCUT2D eigenvalue weighted by atomic mass is 10.2. The third kappa shape index (κ3) is 7.23. The van der Waals surface area contributed by atoms with Gasteiger partial charge in [0.15, 0.2) is 0 Å². The smallest absolute Gasteiger partial charge is 0.323 e. The predicted molar refractivity (Wildman–Crippen MR) is 62.0 cm³/mol. The number of amides is 1. The normalized spacial score (nSPS) is 13.1. The average Bonchev–Trinajstić information content (AvgIpc) is 2.14. The van der Waals surface area contributed by atoms with Crippen LogP contribution in [0.2, 0.25) is 0 Å². The third-order valence-electron chi connectivity index (χ3n) is 1.84. The summed E-state index contributed by atoms with van der Waals surface area (Å²) in [6.07, 6.45) is 0.351. The van der Waals surface area contributed by atoms with Gasteiger partial charge in [0.2, 0.25) is 5.91 Å². The zero-order valence-corrected chi connectivity index (χ0v) is 10.7. The molecule has 0 heterocycles. The minimum Gasteiger partial charge on any atom is -0.459 e. The summed E-state index contributed by atoms with van der Waals surface area (Å²) in [5.74, 6) is -0.353. The predicted octanol–water partition coefficient (Wildman–Crippen LogP) is 0.442. The van der Waals surface area contributed by atoms with Crippen LogP contribution in [0.1, 0.15) is 34.1 Å². The fourth-order valence-electron chi connectivity index (χ4n) is 1.00. The van der Waals surface area contributed by atoms with E-state index in [-0.39, 0.29) is 11.9 Å². The number of rotatable bonds is 5. The van der Waals surface area contributed by atoms with Crippen LogP contribution in [0.15, 0.2) is 0 Å². The van der Waals surface area contributed by atoms with Crippen molar-refractivity contribution in [3.05, 3.63) is 0 Å². The Bertz CT molecular complexity index is 246. The number of carbonyl (C=O) groups is 2. The molecule has 0 aromatic rings. The van der Waals surface area contributed by atoms with Crippen molar-refractivity contribution in [1.29, 1.82) is 0 Å². The van der Waals surface area contributed by atoms with Gasteiger partial charge in [0.25, 0.3) is 0 Å². The Morgan fingerprint density at radius 2 is 1.88 bits per heavy atom. The van der Waals surface area contributed by atoms with Gasteiger partial charge in [-0.3, -0.25) is 9.59 Å². The molecular weight excluding hydrogens is 208 g/mol. The number of hydrogen-bond donors (Lipinski definition) is 2. The zero-order valence-electron chi connectivity index (χ0n) is 10.7. The topological polar surface area (TPSA) is 67.4 Å². The lowest BCUT2D eigenvalue weighted by molar-refractivity contribution is -0.157. The second-order valence-corrected chi connectivity index (χ2v) is 4.63. The highest BCUT2D eigenvalue weighted by Gasteiger charge is 2.21. The molecular formula is C11H22N2O3. The van der Waals surface area contributed by atoms with E-state index in [0.29, 0.717) is 13.0 Å². The van der Waals surface area contributed by atoms with Crippen LogP contribution in [0.5, 0.6) is 0 Å². The molecule has 94 valence electrons. The van der Waals surface area contributed by atoms with Crippen molar-refractivity contribution < 1.29 is 14.3 Å². The second-order valence-electron chi connectivity index (χ2n) is 4.63. The lowest BCUT2D eigenvalue weighted by Crippen LogP contribution is -2.40. The van der Waals surface area contributed by atoms with E-state index >= 15 is 0 Å². The molecule has 0 radical (unpaired) electrons. The van der Waals surface area contributed by atoms with E-state index in [1.165, 1.54) is 0 Å². The van der Waals surface area contributed by atoms with E-state index in [2.05, 4.69) is 10.6 Å². The van der Waals surface area contributed by atoms with Crippen molar-refractivity contribution >= 4 is 11.9 Å². The summed E-state index contributed by atoms with van der Waals surface area (Å²) in [6, 6.07) is -0.399. The second kappa shape index (κ2) is 6.48. The van der Waals surface area contributed by atoms with Crippen LogP contribution in [-0.2, 0) is 14.3 Å². The van der Waals surface area contributed by atoms with E-state index in [0.717, 1.165) is 0 Å². The highest BCUT2D eigenvalue weighted by Crippen LogP contribution is 2.08. The van der Waals surface area contributed by atoms with Gasteiger partial charge in [-0.1, -0.05) is 0 Å². The number of ether oxygens (including phenoxy) is 1. The highest BCUT2D eigenvalue weighted by molar-refractivity contribution is 5.77. The molecule has 1 unspecified atom stereocenters. The van der Waals surface area contributed by atoms with Gasteiger partial charge in [0.05, 0.1) is 0 Å². The Morgan fingerprint density at radius 3 is 2.31 bits per heavy atom. The summed E-state index contributed by atoms with van der Waals surface area (Å²) in [7, 11) is 1.58. The van der Waals surface area contributed by atoms with Gasteiger partial charge in [-0.2, -0.15) is 0 Å². The molecule has 5 heteroatoms. The molecule has 0 aromatic heterocycles. The average molecular weight is 230 g/mol. The van der Waals surface area contributed by atoms with Crippen LogP contribution in [0.3, 0.4) is 0 Å². The Labute approximate surface area is 96.9 Å². The third-order valence-corrected chi connectivity index (χ3v) is 1.84. The van der Waals surface area contributed by atoms with Crippen molar-refractivity contribution in [1.82, 2.24) is 10.6 Å². The largest absolute Gasteiger partial charge is 0.459 e. The van der Waals surface area contributed by atoms with Gasteiger partial charge in [0, 0.05) is 20.0 Å². The standard InChI is InChI=1S/C11H22N2O3/c1-8(10(15)16-11(2,3)4)13-7-6-9(14)12-5/h8,13H,6-7H2,1-5H3,(H,12,14). The Kier molecular flexibility index (Phi) is 6.03. The molecule has 0 aliphatic heterocycles. The molecule has 16 heavy (non-hydrogen) atoms. The first-order chi connectivity index (χ1) is 7.26. The monoisotopic (exact) mass is 230 g/mol. The van der Waals surface area contributed by atoms with Crippen LogP contribution >= 0.6 is 0 Å². The van der Waals surface area contributed by atoms with Crippen LogP contribution in [-0.4, -0.2) is 37.1 Å². The molecule has 0 spiro atoms. The van der Waals surface area contributed by atoms with E-state index in [1.807, 2.05) is 20.8 Å². The Morgan fingerprint density at radius 1 is 1.31 bits per heavy atom. The first-order valence-electron chi connectivity index (χ1n) is 5.43. The summed E-state index contributed by atoms with van der Waals surface area (Å²) in [4.78, 5) is 22.4. The molecule has 0 bridgehead atoms. The molecule has 0 aromatic carbocycles. The number of carbonyl (C=O) groups excluding carboxylic acids is 2. The summed E-state index contributed by atoms with van der Waals surface area (Å²) in [6.45, 7) is 7.64. The van der Waals surface area contributed by atoms with Crippen LogP contribution in [0.25, 0.3) is 0 Å². The van der Waals surface area contributed by atoms with E-state index in [4.69, 9.17) is 4.74 Å². The fourth-order valence-corrected chi connectivity index (χ4v) is 1.00. The van der Waals surface area contributed by atoms with Gasteiger partial charge >= 0.3 is 5.97 Å². The van der Waals surface area contributed by atoms with Gasteiger partial charge in [-0.25, -0.2) is 0 Å². The minimum absolute atomic E-state index is 0.0520. The first-order valence-corrected chi connectivity index (χ1v) is 5.43. The van der Waals surface area contributed by atoms with Gasteiger partial charge in [-0.05, 0) is 27.7 Å². The van der Waals surface area contributed by atoms with Crippen molar-refractivity contribution in [3.63, 3.8) is 0 Å².